The van der Waals surface area contributed by atoms with Crippen molar-refractivity contribution < 1.29 is 0 Å². The molecule has 0 bridgehead atoms. The summed E-state index contributed by atoms with van der Waals surface area (Å²) < 4.78 is 0. The average molecular weight is 244 g/mol. The van der Waals surface area contributed by atoms with E-state index in [1.807, 2.05) is 6.07 Å². The molecule has 0 amide bonds. The Morgan fingerprint density at radius 1 is 1.41 bits per heavy atom. The first-order valence-electron chi connectivity index (χ1n) is 4.72. The predicted octanol–water partition coefficient (Wildman–Crippen LogP) is 1.37. The molecule has 0 aliphatic rings. The third-order valence-corrected chi connectivity index (χ3v) is 2.90. The predicted molar refractivity (Wildman–Crippen MR) is 64.6 cm³/mol. The van der Waals surface area contributed by atoms with Crippen LogP contribution in [-0.4, -0.2) is 9.97 Å². The summed E-state index contributed by atoms with van der Waals surface area (Å²) in [4.78, 5) is 18.5. The molecular formula is C11H8N4OS. The highest BCUT2D eigenvalue weighted by Gasteiger charge is 2.03. The summed E-state index contributed by atoms with van der Waals surface area (Å²) in [6.45, 7) is 0. The van der Waals surface area contributed by atoms with Gasteiger partial charge in [-0.25, -0.2) is 4.98 Å². The average Bonchev–Trinajstić information content (AvgIpc) is 2.29. The third-order valence-electron chi connectivity index (χ3n) is 2.01. The number of hydrogen-bond donors (Lipinski definition) is 2. The number of nitrogens with zero attached hydrogens (tertiary/aromatic N) is 2. The number of benzene rings is 1. The number of rotatable bonds is 2. The van der Waals surface area contributed by atoms with Crippen LogP contribution >= 0.6 is 11.8 Å². The molecular weight excluding hydrogens is 236 g/mol. The number of nitrogens with two attached hydrogens (primary N) is 1. The van der Waals surface area contributed by atoms with Crippen molar-refractivity contribution in [3.8, 4) is 6.07 Å². The van der Waals surface area contributed by atoms with Crippen molar-refractivity contribution in [2.75, 3.05) is 5.73 Å². The maximum atomic E-state index is 11.1. The number of hydrogen-bond acceptors (Lipinski definition) is 5. The van der Waals surface area contributed by atoms with Gasteiger partial charge in [-0.1, -0.05) is 11.8 Å². The van der Waals surface area contributed by atoms with Gasteiger partial charge < -0.3 is 10.7 Å². The van der Waals surface area contributed by atoms with Crippen molar-refractivity contribution in [1.29, 1.82) is 5.26 Å². The summed E-state index contributed by atoms with van der Waals surface area (Å²) in [6, 6.07) is 8.40. The molecule has 3 N–H and O–H groups in total. The van der Waals surface area contributed by atoms with Crippen LogP contribution in [-0.2, 0) is 0 Å². The second-order valence-electron chi connectivity index (χ2n) is 3.20. The molecule has 84 valence electrons. The molecule has 0 radical (unpaired) electrons. The van der Waals surface area contributed by atoms with E-state index in [1.54, 1.807) is 18.2 Å². The molecule has 0 aliphatic heterocycles. The van der Waals surface area contributed by atoms with Crippen LogP contribution in [0.5, 0.6) is 0 Å². The van der Waals surface area contributed by atoms with Crippen molar-refractivity contribution in [2.45, 2.75) is 10.1 Å². The van der Waals surface area contributed by atoms with Gasteiger partial charge in [0.05, 0.1) is 11.3 Å². The van der Waals surface area contributed by atoms with Gasteiger partial charge in [0.25, 0.3) is 5.56 Å². The zero-order valence-corrected chi connectivity index (χ0v) is 9.49. The van der Waals surface area contributed by atoms with E-state index in [0.29, 0.717) is 16.4 Å². The lowest BCUT2D eigenvalue weighted by molar-refractivity contribution is 0.937. The van der Waals surface area contributed by atoms with Crippen LogP contribution in [0.2, 0.25) is 0 Å². The number of nitrogens with one attached hydrogen (secondary N) is 1. The first-order chi connectivity index (χ1) is 8.19. The number of anilines is 1. The number of aromatic nitrogens is 2. The summed E-state index contributed by atoms with van der Waals surface area (Å²) in [5, 5.41) is 9.23. The molecule has 0 aliphatic carbocycles. The molecule has 1 aromatic heterocycles. The van der Waals surface area contributed by atoms with Crippen LogP contribution in [0.1, 0.15) is 5.56 Å². The van der Waals surface area contributed by atoms with E-state index < -0.39 is 0 Å². The Morgan fingerprint density at radius 3 is 2.88 bits per heavy atom. The van der Waals surface area contributed by atoms with Gasteiger partial charge in [0, 0.05) is 17.2 Å². The van der Waals surface area contributed by atoms with Crippen molar-refractivity contribution in [2.24, 2.45) is 0 Å². The molecule has 0 spiro atoms. The largest absolute Gasteiger partial charge is 0.398 e. The molecule has 1 heterocycles. The molecule has 2 rings (SSSR count). The molecule has 0 atom stereocenters. The first kappa shape index (κ1) is 11.2. The maximum Gasteiger partial charge on any atom is 0.251 e. The fourth-order valence-corrected chi connectivity index (χ4v) is 2.03. The van der Waals surface area contributed by atoms with Gasteiger partial charge in [-0.15, -0.1) is 0 Å². The van der Waals surface area contributed by atoms with E-state index in [2.05, 4.69) is 9.97 Å². The second-order valence-corrected chi connectivity index (χ2v) is 4.26. The van der Waals surface area contributed by atoms with Gasteiger partial charge in [0.1, 0.15) is 6.07 Å². The van der Waals surface area contributed by atoms with Crippen LogP contribution in [0.25, 0.3) is 0 Å². The summed E-state index contributed by atoms with van der Waals surface area (Å²) in [6.07, 6.45) is 1.44. The summed E-state index contributed by atoms with van der Waals surface area (Å²) in [5.41, 5.74) is 6.33. The molecule has 0 saturated carbocycles. The fourth-order valence-electron chi connectivity index (χ4n) is 1.22. The number of H-pyrrole nitrogens is 1. The molecule has 0 unspecified atom stereocenters. The SMILES string of the molecule is N#Cc1ccc(Sc2nccc(=O)[nH]2)cc1N. The normalized spacial score (nSPS) is 9.82. The zero-order chi connectivity index (χ0) is 12.3. The number of aromatic amines is 1. The van der Waals surface area contributed by atoms with Crippen LogP contribution < -0.4 is 11.3 Å². The molecule has 1 aromatic carbocycles. The van der Waals surface area contributed by atoms with Crippen LogP contribution in [0.3, 0.4) is 0 Å². The fraction of sp³-hybridized carbons (Fsp3) is 0. The van der Waals surface area contributed by atoms with Crippen molar-refractivity contribution in [1.82, 2.24) is 9.97 Å². The van der Waals surface area contributed by atoms with E-state index in [-0.39, 0.29) is 5.56 Å². The second kappa shape index (κ2) is 4.72. The molecule has 5 nitrogen and oxygen atoms in total. The Labute approximate surface area is 101 Å². The van der Waals surface area contributed by atoms with Gasteiger partial charge in [-0.05, 0) is 18.2 Å². The Morgan fingerprint density at radius 2 is 2.24 bits per heavy atom. The van der Waals surface area contributed by atoms with E-state index in [0.717, 1.165) is 4.90 Å². The van der Waals surface area contributed by atoms with Gasteiger partial charge in [0.2, 0.25) is 0 Å². The smallest absolute Gasteiger partial charge is 0.251 e. The highest BCUT2D eigenvalue weighted by molar-refractivity contribution is 7.99. The maximum absolute atomic E-state index is 11.1. The monoisotopic (exact) mass is 244 g/mol. The number of nitrogen functional groups attached to an aromatic ring is 1. The first-order valence-corrected chi connectivity index (χ1v) is 5.53. The van der Waals surface area contributed by atoms with E-state index in [1.165, 1.54) is 24.0 Å². The van der Waals surface area contributed by atoms with E-state index >= 15 is 0 Å². The van der Waals surface area contributed by atoms with Crippen LogP contribution in [0.15, 0.2) is 45.3 Å². The third kappa shape index (κ3) is 2.65. The summed E-state index contributed by atoms with van der Waals surface area (Å²) in [5.74, 6) is 0. The lowest BCUT2D eigenvalue weighted by Crippen LogP contribution is -2.05. The van der Waals surface area contributed by atoms with Gasteiger partial charge in [-0.2, -0.15) is 5.26 Å². The van der Waals surface area contributed by atoms with Crippen molar-refractivity contribution in [3.63, 3.8) is 0 Å². The highest BCUT2D eigenvalue weighted by atomic mass is 32.2. The minimum absolute atomic E-state index is 0.205. The van der Waals surface area contributed by atoms with E-state index in [9.17, 15) is 4.79 Å². The molecule has 6 heteroatoms. The molecule has 17 heavy (non-hydrogen) atoms. The molecule has 0 saturated heterocycles. The van der Waals surface area contributed by atoms with Crippen molar-refractivity contribution >= 4 is 17.4 Å². The summed E-state index contributed by atoms with van der Waals surface area (Å²) in [7, 11) is 0. The van der Waals surface area contributed by atoms with Gasteiger partial charge in [0.15, 0.2) is 5.16 Å². The van der Waals surface area contributed by atoms with Gasteiger partial charge >= 0.3 is 0 Å². The Balaban J connectivity index is 2.28. The minimum atomic E-state index is -0.205. The number of nitriles is 1. The quantitative estimate of drug-likeness (QED) is 0.614. The van der Waals surface area contributed by atoms with Gasteiger partial charge in [-0.3, -0.25) is 4.79 Å². The van der Waals surface area contributed by atoms with E-state index in [4.69, 9.17) is 11.0 Å². The summed E-state index contributed by atoms with van der Waals surface area (Å²) >= 11 is 1.28. The standard InChI is InChI=1S/C11H8N4OS/c12-6-7-1-2-8(5-9(7)13)17-11-14-4-3-10(16)15-11/h1-5H,13H2,(H,14,15,16). The van der Waals surface area contributed by atoms with Crippen LogP contribution in [0.4, 0.5) is 5.69 Å². The lowest BCUT2D eigenvalue weighted by atomic mass is 10.2. The Bertz CT molecular complexity index is 644. The zero-order valence-electron chi connectivity index (χ0n) is 8.68. The topological polar surface area (TPSA) is 95.6 Å². The molecule has 2 aromatic rings. The minimum Gasteiger partial charge on any atom is -0.398 e. The Hall–Kier alpha value is -2.26. The van der Waals surface area contributed by atoms with Crippen molar-refractivity contribution in [3.05, 3.63) is 46.4 Å². The molecule has 0 fully saturated rings. The Kier molecular flexibility index (Phi) is 3.12. The van der Waals surface area contributed by atoms with Crippen LogP contribution in [0, 0.1) is 11.3 Å². The highest BCUT2D eigenvalue weighted by Crippen LogP contribution is 2.26. The lowest BCUT2D eigenvalue weighted by Gasteiger charge is -2.02.